The first-order valence-electron chi connectivity index (χ1n) is 9.36. The highest BCUT2D eigenvalue weighted by Crippen LogP contribution is 2.26. The number of amides is 2. The minimum atomic E-state index is -0.217. The molecule has 3 heterocycles. The lowest BCUT2D eigenvalue weighted by molar-refractivity contribution is 0.0652. The van der Waals surface area contributed by atoms with Crippen LogP contribution in [0.5, 0.6) is 0 Å². The largest absolute Gasteiger partial charge is 0.274 e. The topological polar surface area (TPSA) is 80.5 Å². The van der Waals surface area contributed by atoms with Crippen LogP contribution in [-0.2, 0) is 6.42 Å². The number of rotatable bonds is 5. The van der Waals surface area contributed by atoms with Crippen LogP contribution in [-0.4, -0.2) is 43.1 Å². The van der Waals surface area contributed by atoms with E-state index in [1.807, 2.05) is 31.2 Å². The maximum Gasteiger partial charge on any atom is 0.261 e. The predicted octanol–water partition coefficient (Wildman–Crippen LogP) is 3.39. The minimum Gasteiger partial charge on any atom is -0.274 e. The van der Waals surface area contributed by atoms with Crippen molar-refractivity contribution in [2.24, 2.45) is 0 Å². The molecule has 1 aliphatic heterocycles. The van der Waals surface area contributed by atoms with Crippen molar-refractivity contribution in [1.29, 1.82) is 0 Å². The van der Waals surface area contributed by atoms with Crippen molar-refractivity contribution in [3.05, 3.63) is 70.2 Å². The molecule has 0 fully saturated rings. The van der Waals surface area contributed by atoms with Crippen molar-refractivity contribution in [2.45, 2.75) is 19.8 Å². The Labute approximate surface area is 170 Å². The van der Waals surface area contributed by atoms with Crippen molar-refractivity contribution in [3.63, 3.8) is 0 Å². The average molecular weight is 403 g/mol. The fourth-order valence-electron chi connectivity index (χ4n) is 3.58. The van der Waals surface area contributed by atoms with Gasteiger partial charge in [0.05, 0.1) is 11.1 Å². The summed E-state index contributed by atoms with van der Waals surface area (Å²) in [7, 11) is 0. The van der Waals surface area contributed by atoms with Gasteiger partial charge in [0.15, 0.2) is 5.82 Å². The maximum absolute atomic E-state index is 12.5. The van der Waals surface area contributed by atoms with Crippen LogP contribution in [0.1, 0.15) is 37.7 Å². The zero-order chi connectivity index (χ0) is 20.0. The summed E-state index contributed by atoms with van der Waals surface area (Å²) < 4.78 is 1.77. The maximum atomic E-state index is 12.5. The number of carbonyl (C=O) groups is 2. The molecule has 2 amide bonds. The zero-order valence-corrected chi connectivity index (χ0v) is 16.5. The number of imide groups is 1. The molecule has 0 atom stereocenters. The fourth-order valence-corrected chi connectivity index (χ4v) is 4.45. The highest BCUT2D eigenvalue weighted by atomic mass is 32.1. The van der Waals surface area contributed by atoms with E-state index < -0.39 is 0 Å². The van der Waals surface area contributed by atoms with Gasteiger partial charge in [-0.25, -0.2) is 0 Å². The first-order chi connectivity index (χ1) is 14.1. The van der Waals surface area contributed by atoms with E-state index in [1.165, 1.54) is 16.2 Å². The van der Waals surface area contributed by atoms with Crippen molar-refractivity contribution in [2.75, 3.05) is 6.54 Å². The first kappa shape index (κ1) is 17.7. The summed E-state index contributed by atoms with van der Waals surface area (Å²) in [6.07, 6.45) is 1.31. The van der Waals surface area contributed by atoms with Crippen molar-refractivity contribution in [3.8, 4) is 11.4 Å². The Morgan fingerprint density at radius 3 is 2.24 bits per heavy atom. The van der Waals surface area contributed by atoms with Crippen LogP contribution in [0.4, 0.5) is 0 Å². The molecule has 0 bridgehead atoms. The van der Waals surface area contributed by atoms with E-state index in [4.69, 9.17) is 0 Å². The predicted molar refractivity (Wildman–Crippen MR) is 109 cm³/mol. The smallest absolute Gasteiger partial charge is 0.261 e. The van der Waals surface area contributed by atoms with Crippen LogP contribution in [0.15, 0.2) is 48.5 Å². The van der Waals surface area contributed by atoms with Crippen LogP contribution in [0.25, 0.3) is 16.3 Å². The van der Waals surface area contributed by atoms with Gasteiger partial charge in [-0.2, -0.15) is 9.61 Å². The Balaban J connectivity index is 1.31. The Morgan fingerprint density at radius 1 is 0.897 bits per heavy atom. The van der Waals surface area contributed by atoms with Gasteiger partial charge in [0.1, 0.15) is 5.01 Å². The van der Waals surface area contributed by atoms with Gasteiger partial charge >= 0.3 is 0 Å². The molecule has 0 unspecified atom stereocenters. The van der Waals surface area contributed by atoms with E-state index >= 15 is 0 Å². The molecule has 144 valence electrons. The third-order valence-electron chi connectivity index (χ3n) is 5.07. The van der Waals surface area contributed by atoms with E-state index in [9.17, 15) is 9.59 Å². The van der Waals surface area contributed by atoms with Crippen LogP contribution >= 0.6 is 11.3 Å². The lowest BCUT2D eigenvalue weighted by Gasteiger charge is -2.12. The van der Waals surface area contributed by atoms with Crippen LogP contribution in [0, 0.1) is 6.92 Å². The number of carbonyl (C=O) groups excluding carboxylic acids is 2. The summed E-state index contributed by atoms with van der Waals surface area (Å²) in [6.45, 7) is 2.41. The minimum absolute atomic E-state index is 0.217. The SMILES string of the molecule is Cc1ccccc1-c1nnc2sc(CCCN3C(=O)c4ccccc4C3=O)nn12. The molecule has 7 nitrogen and oxygen atoms in total. The number of hydrogen-bond acceptors (Lipinski definition) is 6. The third kappa shape index (κ3) is 2.92. The standard InChI is InChI=1S/C21H17N5O2S/c1-13-7-2-3-8-14(13)18-22-23-21-26(18)24-17(29-21)11-6-12-25-19(27)15-9-4-5-10-16(15)20(25)28/h2-5,7-10H,6,11-12H2,1H3. The van der Waals surface area contributed by atoms with E-state index in [0.29, 0.717) is 30.5 Å². The van der Waals surface area contributed by atoms with Gasteiger partial charge in [-0.15, -0.1) is 10.2 Å². The Hall–Kier alpha value is -3.39. The van der Waals surface area contributed by atoms with Crippen LogP contribution < -0.4 is 0 Å². The van der Waals surface area contributed by atoms with Crippen molar-refractivity contribution in [1.82, 2.24) is 24.7 Å². The zero-order valence-electron chi connectivity index (χ0n) is 15.7. The summed E-state index contributed by atoms with van der Waals surface area (Å²) >= 11 is 1.48. The highest BCUT2D eigenvalue weighted by molar-refractivity contribution is 7.16. The second kappa shape index (κ2) is 6.89. The van der Waals surface area contributed by atoms with Gasteiger partial charge in [0.2, 0.25) is 4.96 Å². The molecule has 0 saturated heterocycles. The second-order valence-corrected chi connectivity index (χ2v) is 7.98. The number of nitrogens with zero attached hydrogens (tertiary/aromatic N) is 5. The van der Waals surface area contributed by atoms with Gasteiger partial charge in [0.25, 0.3) is 11.8 Å². The number of hydrogen-bond donors (Lipinski definition) is 0. The molecule has 8 heteroatoms. The monoisotopic (exact) mass is 403 g/mol. The van der Waals surface area contributed by atoms with Crippen molar-refractivity contribution < 1.29 is 9.59 Å². The molecule has 0 radical (unpaired) electrons. The molecule has 0 spiro atoms. The van der Waals surface area contributed by atoms with Crippen LogP contribution in [0.3, 0.4) is 0 Å². The number of benzene rings is 2. The molecule has 1 aliphatic rings. The number of fused-ring (bicyclic) bond motifs is 2. The molecule has 29 heavy (non-hydrogen) atoms. The molecule has 0 N–H and O–H groups in total. The summed E-state index contributed by atoms with van der Waals surface area (Å²) in [6, 6.07) is 15.0. The van der Waals surface area contributed by atoms with E-state index in [1.54, 1.807) is 28.8 Å². The lowest BCUT2D eigenvalue weighted by Crippen LogP contribution is -2.30. The third-order valence-corrected chi connectivity index (χ3v) is 6.03. The van der Waals surface area contributed by atoms with Gasteiger partial charge in [-0.1, -0.05) is 47.7 Å². The van der Waals surface area contributed by atoms with Gasteiger partial charge in [0, 0.05) is 18.5 Å². The molecule has 5 rings (SSSR count). The normalized spacial score (nSPS) is 13.5. The Kier molecular flexibility index (Phi) is 4.21. The summed E-state index contributed by atoms with van der Waals surface area (Å²) in [4.78, 5) is 27.0. The van der Waals surface area contributed by atoms with E-state index in [0.717, 1.165) is 26.9 Å². The molecule has 0 saturated carbocycles. The summed E-state index contributed by atoms with van der Waals surface area (Å²) in [5.41, 5.74) is 3.09. The molecule has 2 aromatic carbocycles. The highest BCUT2D eigenvalue weighted by Gasteiger charge is 2.34. The second-order valence-electron chi connectivity index (χ2n) is 6.94. The van der Waals surface area contributed by atoms with E-state index in [2.05, 4.69) is 15.3 Å². The average Bonchev–Trinajstić information content (AvgIpc) is 3.37. The Morgan fingerprint density at radius 2 is 1.55 bits per heavy atom. The van der Waals surface area contributed by atoms with Crippen molar-refractivity contribution >= 4 is 28.1 Å². The Bertz CT molecular complexity index is 1220. The van der Waals surface area contributed by atoms with Gasteiger partial charge < -0.3 is 0 Å². The van der Waals surface area contributed by atoms with E-state index in [-0.39, 0.29) is 11.8 Å². The summed E-state index contributed by atoms with van der Waals surface area (Å²) in [5, 5.41) is 14.1. The van der Waals surface area contributed by atoms with Crippen LogP contribution in [0.2, 0.25) is 0 Å². The fraction of sp³-hybridized carbons (Fsp3) is 0.190. The quantitative estimate of drug-likeness (QED) is 0.477. The number of aryl methyl sites for hydroxylation is 2. The van der Waals surface area contributed by atoms with Gasteiger partial charge in [-0.3, -0.25) is 14.5 Å². The summed E-state index contributed by atoms with van der Waals surface area (Å²) in [5.74, 6) is 0.289. The molecule has 2 aromatic heterocycles. The number of aromatic nitrogens is 4. The van der Waals surface area contributed by atoms with Gasteiger partial charge in [-0.05, 0) is 31.0 Å². The molecule has 4 aromatic rings. The molecular weight excluding hydrogens is 386 g/mol. The molecular formula is C21H17N5O2S. The first-order valence-corrected chi connectivity index (χ1v) is 10.2. The molecule has 0 aliphatic carbocycles. The lowest BCUT2D eigenvalue weighted by atomic mass is 10.1.